The Bertz CT molecular complexity index is 598. The van der Waals surface area contributed by atoms with Gasteiger partial charge in [0.05, 0.1) is 36.2 Å². The predicted octanol–water partition coefficient (Wildman–Crippen LogP) is 1.69. The van der Waals surface area contributed by atoms with Crippen molar-refractivity contribution >= 4 is 29.2 Å². The number of aromatic nitrogens is 2. The second-order valence-electron chi connectivity index (χ2n) is 5.21. The second kappa shape index (κ2) is 6.60. The number of anilines is 1. The van der Waals surface area contributed by atoms with Gasteiger partial charge in [-0.1, -0.05) is 29.3 Å². The van der Waals surface area contributed by atoms with Gasteiger partial charge < -0.3 is 9.80 Å². The van der Waals surface area contributed by atoms with Gasteiger partial charge in [-0.2, -0.15) is 0 Å². The molecule has 0 radical (unpaired) electrons. The highest BCUT2D eigenvalue weighted by Gasteiger charge is 2.21. The minimum atomic E-state index is 0.612. The van der Waals surface area contributed by atoms with Crippen LogP contribution >= 0.6 is 23.2 Å². The van der Waals surface area contributed by atoms with Crippen molar-refractivity contribution in [1.29, 1.82) is 0 Å². The molecule has 0 aliphatic carbocycles. The first kappa shape index (κ1) is 14.6. The lowest BCUT2D eigenvalue weighted by Gasteiger charge is -2.32. The lowest BCUT2D eigenvalue weighted by Crippen LogP contribution is -3.13. The fourth-order valence-corrected chi connectivity index (χ4v) is 2.91. The van der Waals surface area contributed by atoms with E-state index in [0.29, 0.717) is 10.0 Å². The summed E-state index contributed by atoms with van der Waals surface area (Å²) in [5.74, 6) is 0.825. The number of rotatable bonds is 3. The third-order valence-corrected chi connectivity index (χ3v) is 4.48. The lowest BCUT2D eigenvalue weighted by atomic mass is 10.2. The van der Waals surface area contributed by atoms with Crippen LogP contribution in [0.15, 0.2) is 36.7 Å². The van der Waals surface area contributed by atoms with Crippen LogP contribution in [0.2, 0.25) is 10.0 Å². The van der Waals surface area contributed by atoms with E-state index in [0.717, 1.165) is 38.7 Å². The number of piperazine rings is 1. The standard InChI is InChI=1S/C15H16Cl2N4/c16-13-3-2-12(10-14(13)17)11-20-6-8-21(9-7-20)15-18-4-1-5-19-15/h1-5,10H,6-9,11H2/p+1. The highest BCUT2D eigenvalue weighted by molar-refractivity contribution is 6.42. The number of hydrogen-bond donors (Lipinski definition) is 1. The van der Waals surface area contributed by atoms with Crippen molar-refractivity contribution in [3.8, 4) is 0 Å². The third-order valence-electron chi connectivity index (χ3n) is 3.74. The minimum Gasteiger partial charge on any atom is -0.330 e. The van der Waals surface area contributed by atoms with Gasteiger partial charge in [0.15, 0.2) is 0 Å². The molecule has 1 aliphatic rings. The largest absolute Gasteiger partial charge is 0.330 e. The molecule has 4 nitrogen and oxygen atoms in total. The number of nitrogens with one attached hydrogen (secondary N) is 1. The van der Waals surface area contributed by atoms with Gasteiger partial charge in [0.2, 0.25) is 5.95 Å². The van der Waals surface area contributed by atoms with Crippen molar-refractivity contribution in [3.63, 3.8) is 0 Å². The Morgan fingerprint density at radius 2 is 1.76 bits per heavy atom. The van der Waals surface area contributed by atoms with E-state index in [1.807, 2.05) is 24.3 Å². The van der Waals surface area contributed by atoms with Crippen molar-refractivity contribution in [2.45, 2.75) is 6.54 Å². The number of nitrogens with zero attached hydrogens (tertiary/aromatic N) is 3. The van der Waals surface area contributed by atoms with Crippen molar-refractivity contribution < 1.29 is 4.90 Å². The van der Waals surface area contributed by atoms with Crippen LogP contribution in [0.5, 0.6) is 0 Å². The summed E-state index contributed by atoms with van der Waals surface area (Å²) < 4.78 is 0. The normalized spacial score (nSPS) is 16.2. The van der Waals surface area contributed by atoms with Gasteiger partial charge in [-0.15, -0.1) is 0 Å². The second-order valence-corrected chi connectivity index (χ2v) is 6.03. The minimum absolute atomic E-state index is 0.612. The molecular formula is C15H17Cl2N4+. The molecule has 0 bridgehead atoms. The summed E-state index contributed by atoms with van der Waals surface area (Å²) in [6, 6.07) is 7.72. The predicted molar refractivity (Wildman–Crippen MR) is 85.1 cm³/mol. The van der Waals surface area contributed by atoms with Crippen LogP contribution in [0.25, 0.3) is 0 Å². The van der Waals surface area contributed by atoms with E-state index in [9.17, 15) is 0 Å². The summed E-state index contributed by atoms with van der Waals surface area (Å²) in [6.45, 7) is 5.05. The van der Waals surface area contributed by atoms with Gasteiger partial charge in [0.25, 0.3) is 0 Å². The summed E-state index contributed by atoms with van der Waals surface area (Å²) in [7, 11) is 0. The molecular weight excluding hydrogens is 307 g/mol. The molecule has 110 valence electrons. The molecule has 1 fully saturated rings. The van der Waals surface area contributed by atoms with Crippen LogP contribution in [0.1, 0.15) is 5.56 Å². The van der Waals surface area contributed by atoms with Gasteiger partial charge >= 0.3 is 0 Å². The Morgan fingerprint density at radius 3 is 2.43 bits per heavy atom. The molecule has 1 N–H and O–H groups in total. The zero-order valence-electron chi connectivity index (χ0n) is 11.6. The maximum absolute atomic E-state index is 6.07. The third kappa shape index (κ3) is 3.64. The molecule has 0 atom stereocenters. The molecule has 0 spiro atoms. The van der Waals surface area contributed by atoms with E-state index in [4.69, 9.17) is 23.2 Å². The molecule has 2 heterocycles. The van der Waals surface area contributed by atoms with E-state index in [1.54, 1.807) is 17.3 Å². The van der Waals surface area contributed by atoms with Gasteiger partial charge in [0.1, 0.15) is 6.54 Å². The molecule has 0 unspecified atom stereocenters. The molecule has 0 amide bonds. The average Bonchev–Trinajstić information content (AvgIpc) is 2.53. The summed E-state index contributed by atoms with van der Waals surface area (Å²) in [4.78, 5) is 12.4. The highest BCUT2D eigenvalue weighted by atomic mass is 35.5. The van der Waals surface area contributed by atoms with Crippen LogP contribution in [0.4, 0.5) is 5.95 Å². The first-order valence-electron chi connectivity index (χ1n) is 7.02. The molecule has 1 aliphatic heterocycles. The van der Waals surface area contributed by atoms with E-state index < -0.39 is 0 Å². The fourth-order valence-electron chi connectivity index (χ4n) is 2.59. The van der Waals surface area contributed by atoms with E-state index in [2.05, 4.69) is 14.9 Å². The Labute approximate surface area is 134 Å². The van der Waals surface area contributed by atoms with Crippen LogP contribution < -0.4 is 9.80 Å². The monoisotopic (exact) mass is 323 g/mol. The van der Waals surface area contributed by atoms with E-state index >= 15 is 0 Å². The topological polar surface area (TPSA) is 33.5 Å². The Balaban J connectivity index is 1.57. The van der Waals surface area contributed by atoms with Crippen molar-refractivity contribution in [2.75, 3.05) is 31.1 Å². The summed E-state index contributed by atoms with van der Waals surface area (Å²) in [5.41, 5.74) is 1.23. The first-order chi connectivity index (χ1) is 10.2. The maximum Gasteiger partial charge on any atom is 0.225 e. The van der Waals surface area contributed by atoms with Crippen LogP contribution in [0.3, 0.4) is 0 Å². The Hall–Kier alpha value is -1.36. The number of hydrogen-bond acceptors (Lipinski definition) is 3. The quantitative estimate of drug-likeness (QED) is 0.933. The number of benzene rings is 1. The van der Waals surface area contributed by atoms with Gasteiger partial charge in [-0.25, -0.2) is 9.97 Å². The lowest BCUT2D eigenvalue weighted by molar-refractivity contribution is -0.914. The van der Waals surface area contributed by atoms with Gasteiger partial charge in [0, 0.05) is 18.0 Å². The van der Waals surface area contributed by atoms with E-state index in [-0.39, 0.29) is 0 Å². The van der Waals surface area contributed by atoms with Crippen LogP contribution in [0, 0.1) is 0 Å². The van der Waals surface area contributed by atoms with Crippen LogP contribution in [-0.4, -0.2) is 36.1 Å². The highest BCUT2D eigenvalue weighted by Crippen LogP contribution is 2.22. The summed E-state index contributed by atoms with van der Waals surface area (Å²) in [6.07, 6.45) is 3.58. The molecule has 1 aromatic carbocycles. The number of halogens is 2. The average molecular weight is 324 g/mol. The molecule has 21 heavy (non-hydrogen) atoms. The zero-order chi connectivity index (χ0) is 14.7. The van der Waals surface area contributed by atoms with E-state index in [1.165, 1.54) is 5.56 Å². The van der Waals surface area contributed by atoms with Crippen molar-refractivity contribution in [3.05, 3.63) is 52.3 Å². The van der Waals surface area contributed by atoms with Crippen molar-refractivity contribution in [1.82, 2.24) is 9.97 Å². The van der Waals surface area contributed by atoms with Gasteiger partial charge in [-0.05, 0) is 18.2 Å². The maximum atomic E-state index is 6.07. The SMILES string of the molecule is Clc1ccc(C[NH+]2CCN(c3ncccn3)CC2)cc1Cl. The zero-order valence-corrected chi connectivity index (χ0v) is 13.1. The summed E-state index contributed by atoms with van der Waals surface area (Å²) in [5, 5.41) is 1.24. The van der Waals surface area contributed by atoms with Crippen molar-refractivity contribution in [2.24, 2.45) is 0 Å². The Kier molecular flexibility index (Phi) is 4.58. The Morgan fingerprint density at radius 1 is 1.05 bits per heavy atom. The molecule has 2 aromatic rings. The molecule has 0 saturated carbocycles. The first-order valence-corrected chi connectivity index (χ1v) is 7.77. The van der Waals surface area contributed by atoms with Gasteiger partial charge in [-0.3, -0.25) is 0 Å². The van der Waals surface area contributed by atoms with Crippen LogP contribution in [-0.2, 0) is 6.54 Å². The number of quaternary nitrogens is 1. The molecule has 1 aromatic heterocycles. The smallest absolute Gasteiger partial charge is 0.225 e. The summed E-state index contributed by atoms with van der Waals surface area (Å²) >= 11 is 12.0. The molecule has 3 rings (SSSR count). The molecule has 6 heteroatoms. The molecule has 1 saturated heterocycles. The fraction of sp³-hybridized carbons (Fsp3) is 0.333.